The molecule has 1 aromatic rings. The van der Waals surface area contributed by atoms with E-state index in [1.54, 1.807) is 4.90 Å². The predicted molar refractivity (Wildman–Crippen MR) is 102 cm³/mol. The summed E-state index contributed by atoms with van der Waals surface area (Å²) in [6.07, 6.45) is 4.33. The molecule has 2 N–H and O–H groups in total. The number of hydrogen-bond acceptors (Lipinski definition) is 3. The summed E-state index contributed by atoms with van der Waals surface area (Å²) < 4.78 is 0. The van der Waals surface area contributed by atoms with E-state index in [9.17, 15) is 9.59 Å². The van der Waals surface area contributed by atoms with Gasteiger partial charge in [0.05, 0.1) is 5.92 Å². The molecule has 0 radical (unpaired) electrons. The van der Waals surface area contributed by atoms with Gasteiger partial charge in [0, 0.05) is 37.8 Å². The van der Waals surface area contributed by atoms with Crippen molar-refractivity contribution in [2.45, 2.75) is 45.1 Å². The van der Waals surface area contributed by atoms with Crippen molar-refractivity contribution >= 4 is 29.9 Å². The van der Waals surface area contributed by atoms with Gasteiger partial charge < -0.3 is 15.5 Å². The molecule has 2 atom stereocenters. The molecular formula is C19H28ClN3O2. The molecule has 138 valence electrons. The van der Waals surface area contributed by atoms with Gasteiger partial charge in [-0.05, 0) is 37.3 Å². The Morgan fingerprint density at radius 1 is 1.28 bits per heavy atom. The first-order valence-electron chi connectivity index (χ1n) is 9.04. The van der Waals surface area contributed by atoms with Crippen LogP contribution in [0.3, 0.4) is 0 Å². The lowest BCUT2D eigenvalue weighted by Crippen LogP contribution is -2.50. The second-order valence-corrected chi connectivity index (χ2v) is 6.80. The molecule has 2 saturated heterocycles. The highest BCUT2D eigenvalue weighted by Gasteiger charge is 2.39. The Morgan fingerprint density at radius 2 is 2.04 bits per heavy atom. The van der Waals surface area contributed by atoms with Crippen LogP contribution in [0.4, 0.5) is 5.69 Å². The molecule has 3 rings (SSSR count). The van der Waals surface area contributed by atoms with Crippen LogP contribution in [0.25, 0.3) is 0 Å². The van der Waals surface area contributed by atoms with Crippen LogP contribution in [-0.4, -0.2) is 42.4 Å². The summed E-state index contributed by atoms with van der Waals surface area (Å²) in [5, 5.41) is 0. The van der Waals surface area contributed by atoms with Crippen molar-refractivity contribution in [3.63, 3.8) is 0 Å². The van der Waals surface area contributed by atoms with Crippen molar-refractivity contribution in [3.05, 3.63) is 29.8 Å². The average molecular weight is 366 g/mol. The zero-order valence-electron chi connectivity index (χ0n) is 14.8. The molecule has 2 fully saturated rings. The van der Waals surface area contributed by atoms with Crippen LogP contribution in [0.2, 0.25) is 0 Å². The minimum absolute atomic E-state index is 0. The number of piperidine rings is 1. The number of para-hydroxylation sites is 1. The molecule has 0 spiro atoms. The third-order valence-corrected chi connectivity index (χ3v) is 5.32. The molecule has 0 saturated carbocycles. The zero-order chi connectivity index (χ0) is 17.1. The summed E-state index contributed by atoms with van der Waals surface area (Å²) in [5.74, 6) is -0.0832. The fraction of sp³-hybridized carbons (Fsp3) is 0.579. The second kappa shape index (κ2) is 8.68. The number of benzene rings is 1. The molecule has 1 aromatic carbocycles. The topological polar surface area (TPSA) is 66.6 Å². The molecule has 5 nitrogen and oxygen atoms in total. The average Bonchev–Trinajstić information content (AvgIpc) is 3.02. The Bertz CT molecular complexity index is 622. The van der Waals surface area contributed by atoms with Gasteiger partial charge in [0.1, 0.15) is 0 Å². The second-order valence-electron chi connectivity index (χ2n) is 6.80. The van der Waals surface area contributed by atoms with Crippen LogP contribution in [0.15, 0.2) is 24.3 Å². The predicted octanol–water partition coefficient (Wildman–Crippen LogP) is 2.36. The Balaban J connectivity index is 0.00000225. The maximum Gasteiger partial charge on any atom is 0.228 e. The highest BCUT2D eigenvalue weighted by molar-refractivity contribution is 6.00. The molecule has 2 heterocycles. The lowest BCUT2D eigenvalue weighted by Gasteiger charge is -2.36. The highest BCUT2D eigenvalue weighted by Crippen LogP contribution is 2.30. The third-order valence-electron chi connectivity index (χ3n) is 5.32. The largest absolute Gasteiger partial charge is 0.338 e. The molecule has 0 bridgehead atoms. The minimum atomic E-state index is -0.241. The van der Waals surface area contributed by atoms with E-state index >= 15 is 0 Å². The number of rotatable bonds is 4. The summed E-state index contributed by atoms with van der Waals surface area (Å²) in [4.78, 5) is 29.2. The van der Waals surface area contributed by atoms with Gasteiger partial charge in [-0.25, -0.2) is 0 Å². The summed E-state index contributed by atoms with van der Waals surface area (Å²) in [6.45, 7) is 3.86. The Hall–Kier alpha value is -1.59. The molecule has 2 aliphatic rings. The first-order valence-corrected chi connectivity index (χ1v) is 9.04. The summed E-state index contributed by atoms with van der Waals surface area (Å²) >= 11 is 0. The highest BCUT2D eigenvalue weighted by atomic mass is 35.5. The lowest BCUT2D eigenvalue weighted by atomic mass is 9.98. The van der Waals surface area contributed by atoms with Crippen molar-refractivity contribution in [1.82, 2.24) is 4.90 Å². The summed E-state index contributed by atoms with van der Waals surface area (Å²) in [6, 6.07) is 8.11. The van der Waals surface area contributed by atoms with Gasteiger partial charge >= 0.3 is 0 Å². The Morgan fingerprint density at radius 3 is 2.76 bits per heavy atom. The molecule has 2 aliphatic heterocycles. The monoisotopic (exact) mass is 365 g/mol. The van der Waals surface area contributed by atoms with Crippen LogP contribution >= 0.6 is 12.4 Å². The number of nitrogens with zero attached hydrogens (tertiary/aromatic N) is 2. The number of nitrogens with two attached hydrogens (primary N) is 1. The van der Waals surface area contributed by atoms with E-state index in [2.05, 4.69) is 6.92 Å². The number of likely N-dealkylation sites (tertiary alicyclic amines) is 1. The quantitative estimate of drug-likeness (QED) is 0.890. The van der Waals surface area contributed by atoms with Crippen LogP contribution < -0.4 is 10.6 Å². The molecular weight excluding hydrogens is 338 g/mol. The maximum absolute atomic E-state index is 12.9. The molecule has 25 heavy (non-hydrogen) atoms. The van der Waals surface area contributed by atoms with Crippen LogP contribution in [0.5, 0.6) is 0 Å². The van der Waals surface area contributed by atoms with Gasteiger partial charge in [-0.2, -0.15) is 0 Å². The molecule has 0 aliphatic carbocycles. The molecule has 0 aromatic heterocycles. The standard InChI is InChI=1S/C19H27N3O2.ClH/c1-2-14-7-3-4-9-17(14)22-13-15(11-18(22)23)19(24)21-10-6-5-8-16(21)12-20;/h3-4,7,9,15-16H,2,5-6,8,10-13,20H2,1H3;1H. The summed E-state index contributed by atoms with van der Waals surface area (Å²) in [5.41, 5.74) is 7.95. The van der Waals surface area contributed by atoms with E-state index in [4.69, 9.17) is 5.73 Å². The fourth-order valence-corrected chi connectivity index (χ4v) is 3.95. The van der Waals surface area contributed by atoms with Crippen molar-refractivity contribution in [2.75, 3.05) is 24.5 Å². The first kappa shape index (κ1) is 19.7. The molecule has 2 amide bonds. The van der Waals surface area contributed by atoms with Crippen molar-refractivity contribution in [3.8, 4) is 0 Å². The number of carbonyl (C=O) groups is 2. The van der Waals surface area contributed by atoms with Gasteiger partial charge in [-0.3, -0.25) is 9.59 Å². The zero-order valence-corrected chi connectivity index (χ0v) is 15.6. The summed E-state index contributed by atoms with van der Waals surface area (Å²) in [7, 11) is 0. The van der Waals surface area contributed by atoms with Crippen LogP contribution in [0, 0.1) is 5.92 Å². The smallest absolute Gasteiger partial charge is 0.228 e. The first-order chi connectivity index (χ1) is 11.7. The molecule has 6 heteroatoms. The molecule has 2 unspecified atom stereocenters. The number of aryl methyl sites for hydroxylation is 1. The van der Waals surface area contributed by atoms with E-state index < -0.39 is 0 Å². The number of halogens is 1. The SMILES string of the molecule is CCc1ccccc1N1CC(C(=O)N2CCCCC2CN)CC1=O.Cl. The fourth-order valence-electron chi connectivity index (χ4n) is 3.95. The van der Waals surface area contributed by atoms with Gasteiger partial charge in [0.25, 0.3) is 0 Å². The number of anilines is 1. The van der Waals surface area contributed by atoms with Crippen molar-refractivity contribution in [1.29, 1.82) is 0 Å². The van der Waals surface area contributed by atoms with Crippen LogP contribution in [-0.2, 0) is 16.0 Å². The lowest BCUT2D eigenvalue weighted by molar-refractivity contribution is -0.139. The Kier molecular flexibility index (Phi) is 6.85. The van der Waals surface area contributed by atoms with Gasteiger partial charge in [-0.15, -0.1) is 12.4 Å². The van der Waals surface area contributed by atoms with Crippen LogP contribution in [0.1, 0.15) is 38.2 Å². The minimum Gasteiger partial charge on any atom is -0.338 e. The number of hydrogen-bond donors (Lipinski definition) is 1. The third kappa shape index (κ3) is 3.98. The number of amides is 2. The van der Waals surface area contributed by atoms with E-state index in [0.29, 0.717) is 19.5 Å². The van der Waals surface area contributed by atoms with Gasteiger partial charge in [-0.1, -0.05) is 25.1 Å². The van der Waals surface area contributed by atoms with E-state index in [-0.39, 0.29) is 36.2 Å². The van der Waals surface area contributed by atoms with Gasteiger partial charge in [0.15, 0.2) is 0 Å². The number of carbonyl (C=O) groups excluding carboxylic acids is 2. The van der Waals surface area contributed by atoms with E-state index in [1.165, 1.54) is 0 Å². The van der Waals surface area contributed by atoms with Gasteiger partial charge in [0.2, 0.25) is 11.8 Å². The van der Waals surface area contributed by atoms with E-state index in [0.717, 1.165) is 43.5 Å². The van der Waals surface area contributed by atoms with Crippen molar-refractivity contribution in [2.24, 2.45) is 11.7 Å². The normalized spacial score (nSPS) is 23.5. The van der Waals surface area contributed by atoms with Crippen molar-refractivity contribution < 1.29 is 9.59 Å². The maximum atomic E-state index is 12.9. The Labute approximate surface area is 155 Å². The van der Waals surface area contributed by atoms with E-state index in [1.807, 2.05) is 29.2 Å².